The number of aryl methyl sites for hydroxylation is 1. The molecule has 0 aliphatic heterocycles. The van der Waals surface area contributed by atoms with Gasteiger partial charge in [0.25, 0.3) is 5.91 Å². The number of ether oxygens (including phenoxy) is 2. The number of hydrogen-bond acceptors (Lipinski definition) is 6. The highest BCUT2D eigenvalue weighted by atomic mass is 79.9. The van der Waals surface area contributed by atoms with Crippen LogP contribution in [0.3, 0.4) is 0 Å². The average Bonchev–Trinajstić information content (AvgIpc) is 3.15. The van der Waals surface area contributed by atoms with Gasteiger partial charge in [0.05, 0.1) is 18.9 Å². The molecule has 0 saturated heterocycles. The SMILES string of the molecule is COc1cc(/C=N\NC(=O)c2cc(C)[nH]n2)ccc1OC(=O)c1ccccc1Br. The Balaban J connectivity index is 1.69. The number of carbonyl (C=O) groups is 2. The smallest absolute Gasteiger partial charge is 0.344 e. The van der Waals surface area contributed by atoms with Crippen LogP contribution in [0.4, 0.5) is 0 Å². The number of rotatable bonds is 6. The van der Waals surface area contributed by atoms with E-state index in [1.807, 2.05) is 6.07 Å². The monoisotopic (exact) mass is 456 g/mol. The van der Waals surface area contributed by atoms with E-state index in [4.69, 9.17) is 9.47 Å². The van der Waals surface area contributed by atoms with Gasteiger partial charge in [-0.3, -0.25) is 9.89 Å². The number of benzene rings is 2. The Kier molecular flexibility index (Phi) is 6.40. The average molecular weight is 457 g/mol. The fourth-order valence-corrected chi connectivity index (χ4v) is 2.83. The van der Waals surface area contributed by atoms with Crippen LogP contribution in [0.5, 0.6) is 11.5 Å². The Hall–Kier alpha value is -3.46. The van der Waals surface area contributed by atoms with Gasteiger partial charge in [0.15, 0.2) is 17.2 Å². The molecule has 0 unspecified atom stereocenters. The molecular weight excluding hydrogens is 440 g/mol. The highest BCUT2D eigenvalue weighted by Crippen LogP contribution is 2.29. The van der Waals surface area contributed by atoms with Crippen LogP contribution in [-0.4, -0.2) is 35.4 Å². The third kappa shape index (κ3) is 5.08. The Labute approximate surface area is 175 Å². The molecule has 0 radical (unpaired) electrons. The summed E-state index contributed by atoms with van der Waals surface area (Å²) in [6.07, 6.45) is 1.44. The normalized spacial score (nSPS) is 10.7. The van der Waals surface area contributed by atoms with Crippen LogP contribution >= 0.6 is 15.9 Å². The molecule has 148 valence electrons. The zero-order valence-electron chi connectivity index (χ0n) is 15.6. The molecule has 0 bridgehead atoms. The van der Waals surface area contributed by atoms with Crippen molar-refractivity contribution in [3.05, 3.63) is 75.5 Å². The highest BCUT2D eigenvalue weighted by Gasteiger charge is 2.15. The van der Waals surface area contributed by atoms with Crippen molar-refractivity contribution >= 4 is 34.0 Å². The van der Waals surface area contributed by atoms with E-state index in [-0.39, 0.29) is 11.4 Å². The van der Waals surface area contributed by atoms with Crippen molar-refractivity contribution in [3.8, 4) is 11.5 Å². The zero-order valence-corrected chi connectivity index (χ0v) is 17.2. The number of nitrogens with zero attached hydrogens (tertiary/aromatic N) is 2. The van der Waals surface area contributed by atoms with Crippen LogP contribution in [0.2, 0.25) is 0 Å². The highest BCUT2D eigenvalue weighted by molar-refractivity contribution is 9.10. The van der Waals surface area contributed by atoms with Gasteiger partial charge in [-0.05, 0) is 64.8 Å². The molecule has 0 spiro atoms. The first-order valence-electron chi connectivity index (χ1n) is 8.48. The predicted octanol–water partition coefficient (Wildman–Crippen LogP) is 3.47. The quantitative estimate of drug-likeness (QED) is 0.255. The maximum Gasteiger partial charge on any atom is 0.344 e. The molecule has 9 heteroatoms. The molecule has 0 fully saturated rings. The summed E-state index contributed by atoms with van der Waals surface area (Å²) in [6, 6.07) is 13.5. The fourth-order valence-electron chi connectivity index (χ4n) is 2.39. The Morgan fingerprint density at radius 3 is 2.66 bits per heavy atom. The summed E-state index contributed by atoms with van der Waals surface area (Å²) in [5.41, 5.74) is 4.45. The minimum Gasteiger partial charge on any atom is -0.493 e. The molecular formula is C20H17BrN4O4. The summed E-state index contributed by atoms with van der Waals surface area (Å²) in [4.78, 5) is 24.3. The maximum absolute atomic E-state index is 12.4. The number of methoxy groups -OCH3 is 1. The van der Waals surface area contributed by atoms with Crippen LogP contribution < -0.4 is 14.9 Å². The van der Waals surface area contributed by atoms with Gasteiger partial charge >= 0.3 is 5.97 Å². The zero-order chi connectivity index (χ0) is 20.8. The van der Waals surface area contributed by atoms with Crippen molar-refractivity contribution in [1.82, 2.24) is 15.6 Å². The van der Waals surface area contributed by atoms with Gasteiger partial charge in [0.2, 0.25) is 0 Å². The number of H-pyrrole nitrogens is 1. The van der Waals surface area contributed by atoms with Crippen molar-refractivity contribution in [3.63, 3.8) is 0 Å². The lowest BCUT2D eigenvalue weighted by Gasteiger charge is -2.10. The number of amides is 1. The van der Waals surface area contributed by atoms with E-state index in [1.54, 1.807) is 49.4 Å². The number of aromatic amines is 1. The number of halogens is 1. The van der Waals surface area contributed by atoms with Gasteiger partial charge in [-0.2, -0.15) is 10.2 Å². The number of aromatic nitrogens is 2. The molecule has 0 aliphatic carbocycles. The third-order valence-corrected chi connectivity index (χ3v) is 4.49. The Morgan fingerprint density at radius 2 is 1.97 bits per heavy atom. The van der Waals surface area contributed by atoms with E-state index in [9.17, 15) is 9.59 Å². The summed E-state index contributed by atoms with van der Waals surface area (Å²) >= 11 is 3.33. The maximum atomic E-state index is 12.4. The van der Waals surface area contributed by atoms with Crippen LogP contribution in [0.25, 0.3) is 0 Å². The van der Waals surface area contributed by atoms with Crippen molar-refractivity contribution in [2.75, 3.05) is 7.11 Å². The summed E-state index contributed by atoms with van der Waals surface area (Å²) in [7, 11) is 1.47. The minimum atomic E-state index is -0.515. The van der Waals surface area contributed by atoms with E-state index >= 15 is 0 Å². The first-order chi connectivity index (χ1) is 14.0. The minimum absolute atomic E-state index is 0.242. The second-order valence-corrected chi connectivity index (χ2v) is 6.77. The van der Waals surface area contributed by atoms with E-state index in [0.29, 0.717) is 21.3 Å². The molecule has 1 aromatic heterocycles. The van der Waals surface area contributed by atoms with Gasteiger partial charge in [0, 0.05) is 10.2 Å². The molecule has 0 atom stereocenters. The second-order valence-electron chi connectivity index (χ2n) is 5.91. The molecule has 8 nitrogen and oxygen atoms in total. The van der Waals surface area contributed by atoms with Crippen LogP contribution in [0, 0.1) is 6.92 Å². The van der Waals surface area contributed by atoms with E-state index < -0.39 is 11.9 Å². The van der Waals surface area contributed by atoms with E-state index in [0.717, 1.165) is 5.69 Å². The van der Waals surface area contributed by atoms with E-state index in [1.165, 1.54) is 13.3 Å². The Morgan fingerprint density at radius 1 is 1.17 bits per heavy atom. The lowest BCUT2D eigenvalue weighted by atomic mass is 10.2. The lowest BCUT2D eigenvalue weighted by molar-refractivity contribution is 0.0728. The standard InChI is InChI=1S/C20H17BrN4O4/c1-12-9-16(24-23-12)19(26)25-22-11-13-7-8-17(18(10-13)28-2)29-20(27)14-5-3-4-6-15(14)21/h3-11H,1-2H3,(H,23,24)(H,25,26)/b22-11-. The molecule has 0 saturated carbocycles. The molecule has 2 N–H and O–H groups in total. The number of hydrogen-bond donors (Lipinski definition) is 2. The topological polar surface area (TPSA) is 106 Å². The number of carbonyl (C=O) groups excluding carboxylic acids is 2. The molecule has 1 amide bonds. The Bertz CT molecular complexity index is 1080. The summed E-state index contributed by atoms with van der Waals surface area (Å²) in [5, 5.41) is 10.4. The molecule has 1 heterocycles. The third-order valence-electron chi connectivity index (χ3n) is 3.80. The summed E-state index contributed by atoms with van der Waals surface area (Å²) < 4.78 is 11.4. The van der Waals surface area contributed by atoms with Crippen molar-refractivity contribution in [2.45, 2.75) is 6.92 Å². The number of hydrazone groups is 1. The first kappa shape index (κ1) is 20.3. The number of nitrogens with one attached hydrogen (secondary N) is 2. The van der Waals surface area contributed by atoms with Crippen LogP contribution in [0.1, 0.15) is 32.1 Å². The lowest BCUT2D eigenvalue weighted by Crippen LogP contribution is -2.18. The van der Waals surface area contributed by atoms with E-state index in [2.05, 4.69) is 36.7 Å². The van der Waals surface area contributed by atoms with Crippen molar-refractivity contribution in [2.24, 2.45) is 5.10 Å². The molecule has 29 heavy (non-hydrogen) atoms. The van der Waals surface area contributed by atoms with Crippen molar-refractivity contribution < 1.29 is 19.1 Å². The second kappa shape index (κ2) is 9.16. The number of esters is 1. The molecule has 3 aromatic rings. The molecule has 3 rings (SSSR count). The summed E-state index contributed by atoms with van der Waals surface area (Å²) in [6.45, 7) is 1.80. The van der Waals surface area contributed by atoms with Crippen LogP contribution in [-0.2, 0) is 0 Å². The van der Waals surface area contributed by atoms with Gasteiger partial charge in [0.1, 0.15) is 0 Å². The predicted molar refractivity (Wildman–Crippen MR) is 110 cm³/mol. The van der Waals surface area contributed by atoms with Gasteiger partial charge in [-0.1, -0.05) is 12.1 Å². The first-order valence-corrected chi connectivity index (χ1v) is 9.27. The van der Waals surface area contributed by atoms with Gasteiger partial charge < -0.3 is 9.47 Å². The fraction of sp³-hybridized carbons (Fsp3) is 0.100. The van der Waals surface area contributed by atoms with Crippen molar-refractivity contribution in [1.29, 1.82) is 0 Å². The van der Waals surface area contributed by atoms with Gasteiger partial charge in [-0.15, -0.1) is 0 Å². The summed E-state index contributed by atoms with van der Waals surface area (Å²) in [5.74, 6) is -0.333. The van der Waals surface area contributed by atoms with Crippen LogP contribution in [0.15, 0.2) is 58.1 Å². The largest absolute Gasteiger partial charge is 0.493 e. The van der Waals surface area contributed by atoms with Gasteiger partial charge in [-0.25, -0.2) is 10.2 Å². The molecule has 0 aliphatic rings. The molecule has 2 aromatic carbocycles.